The second kappa shape index (κ2) is 6.54. The van der Waals surface area contributed by atoms with Crippen LogP contribution in [0, 0.1) is 0 Å². The fraction of sp³-hybridized carbons (Fsp3) is 0.222. The van der Waals surface area contributed by atoms with Gasteiger partial charge in [0, 0.05) is 25.2 Å². The van der Waals surface area contributed by atoms with Crippen molar-refractivity contribution < 1.29 is 9.21 Å². The molecule has 0 aliphatic carbocycles. The van der Waals surface area contributed by atoms with Gasteiger partial charge < -0.3 is 14.2 Å². The van der Waals surface area contributed by atoms with E-state index >= 15 is 0 Å². The first-order chi connectivity index (χ1) is 12.1. The lowest BCUT2D eigenvalue weighted by atomic mass is 10.1. The summed E-state index contributed by atoms with van der Waals surface area (Å²) in [5, 5.41) is 2.59. The fourth-order valence-electron chi connectivity index (χ4n) is 2.94. The van der Waals surface area contributed by atoms with Gasteiger partial charge in [0.1, 0.15) is 6.26 Å². The molecule has 2 aromatic heterocycles. The third kappa shape index (κ3) is 3.15. The fourth-order valence-corrected chi connectivity index (χ4v) is 3.76. The van der Waals surface area contributed by atoms with Gasteiger partial charge in [0.05, 0.1) is 28.4 Å². The van der Waals surface area contributed by atoms with Crippen molar-refractivity contribution in [3.63, 3.8) is 0 Å². The maximum Gasteiger partial charge on any atom is 0.236 e. The van der Waals surface area contributed by atoms with Gasteiger partial charge in [0.2, 0.25) is 11.8 Å². The highest BCUT2D eigenvalue weighted by atomic mass is 35.5. The number of benzene rings is 1. The SMILES string of the molecule is CN1CCN(C(=O)Cc2coc(-c3cccs3)n2)c2cc(Cl)ccc21. The molecular weight excluding hydrogens is 358 g/mol. The van der Waals surface area contributed by atoms with E-state index in [-0.39, 0.29) is 12.3 Å². The normalized spacial score (nSPS) is 13.8. The Morgan fingerprint density at radius 3 is 3.00 bits per heavy atom. The largest absolute Gasteiger partial charge is 0.444 e. The molecule has 3 aromatic rings. The molecule has 0 atom stereocenters. The molecule has 0 saturated carbocycles. The quantitative estimate of drug-likeness (QED) is 0.694. The van der Waals surface area contributed by atoms with Gasteiger partial charge in [-0.25, -0.2) is 4.98 Å². The van der Waals surface area contributed by atoms with E-state index < -0.39 is 0 Å². The summed E-state index contributed by atoms with van der Waals surface area (Å²) in [7, 11) is 2.01. The molecule has 0 radical (unpaired) electrons. The molecule has 1 aliphatic rings. The van der Waals surface area contributed by atoms with Crippen molar-refractivity contribution >= 4 is 40.2 Å². The lowest BCUT2D eigenvalue weighted by molar-refractivity contribution is -0.118. The number of halogens is 1. The van der Waals surface area contributed by atoms with Crippen molar-refractivity contribution in [3.05, 3.63) is 52.7 Å². The summed E-state index contributed by atoms with van der Waals surface area (Å²) in [6.07, 6.45) is 1.76. The molecule has 7 heteroatoms. The molecule has 128 valence electrons. The highest BCUT2D eigenvalue weighted by Crippen LogP contribution is 2.35. The molecule has 1 aliphatic heterocycles. The Kier molecular flexibility index (Phi) is 4.23. The van der Waals surface area contributed by atoms with E-state index in [0.717, 1.165) is 22.8 Å². The van der Waals surface area contributed by atoms with E-state index in [4.69, 9.17) is 16.0 Å². The number of nitrogens with zero attached hydrogens (tertiary/aromatic N) is 3. The van der Waals surface area contributed by atoms with Crippen molar-refractivity contribution in [2.75, 3.05) is 29.9 Å². The number of hydrogen-bond acceptors (Lipinski definition) is 5. The number of fused-ring (bicyclic) bond motifs is 1. The molecule has 25 heavy (non-hydrogen) atoms. The Balaban J connectivity index is 1.56. The van der Waals surface area contributed by atoms with Gasteiger partial charge in [-0.3, -0.25) is 4.79 Å². The summed E-state index contributed by atoms with van der Waals surface area (Å²) in [4.78, 5) is 22.1. The molecule has 1 amide bonds. The zero-order valence-electron chi connectivity index (χ0n) is 13.6. The first-order valence-corrected chi connectivity index (χ1v) is 9.17. The third-order valence-electron chi connectivity index (χ3n) is 4.22. The number of hydrogen-bond donors (Lipinski definition) is 0. The first-order valence-electron chi connectivity index (χ1n) is 7.91. The van der Waals surface area contributed by atoms with Crippen LogP contribution in [0.5, 0.6) is 0 Å². The predicted molar refractivity (Wildman–Crippen MR) is 101 cm³/mol. The molecule has 3 heterocycles. The minimum absolute atomic E-state index is 0.0114. The third-order valence-corrected chi connectivity index (χ3v) is 5.31. The number of amides is 1. The Labute approximate surface area is 154 Å². The van der Waals surface area contributed by atoms with Crippen LogP contribution in [-0.4, -0.2) is 31.0 Å². The summed E-state index contributed by atoms with van der Waals surface area (Å²) in [5.74, 6) is 0.544. The van der Waals surface area contributed by atoms with Crippen molar-refractivity contribution in [2.45, 2.75) is 6.42 Å². The van der Waals surface area contributed by atoms with Crippen LogP contribution in [0.1, 0.15) is 5.69 Å². The van der Waals surface area contributed by atoms with Gasteiger partial charge in [0.25, 0.3) is 0 Å². The zero-order chi connectivity index (χ0) is 17.4. The van der Waals surface area contributed by atoms with Gasteiger partial charge >= 0.3 is 0 Å². The number of rotatable bonds is 3. The van der Waals surface area contributed by atoms with Gasteiger partial charge in [-0.1, -0.05) is 17.7 Å². The molecule has 0 fully saturated rings. The Bertz CT molecular complexity index is 907. The van der Waals surface area contributed by atoms with Crippen LogP contribution in [0.3, 0.4) is 0 Å². The molecule has 0 unspecified atom stereocenters. The lowest BCUT2D eigenvalue weighted by Gasteiger charge is -2.35. The van der Waals surface area contributed by atoms with Crippen LogP contribution in [0.2, 0.25) is 5.02 Å². The van der Waals surface area contributed by atoms with E-state index in [1.807, 2.05) is 42.8 Å². The van der Waals surface area contributed by atoms with Crippen LogP contribution in [-0.2, 0) is 11.2 Å². The number of thiophene rings is 1. The second-order valence-electron chi connectivity index (χ2n) is 5.90. The standard InChI is InChI=1S/C18H16ClN3O2S/c1-21-6-7-22(15-9-12(19)4-5-14(15)21)17(23)10-13-11-24-18(20-13)16-3-2-8-25-16/h2-5,8-9,11H,6-7,10H2,1H3. The van der Waals surface area contributed by atoms with Crippen molar-refractivity contribution in [1.29, 1.82) is 0 Å². The highest BCUT2D eigenvalue weighted by molar-refractivity contribution is 7.13. The number of carbonyl (C=O) groups is 1. The van der Waals surface area contributed by atoms with Gasteiger partial charge in [-0.05, 0) is 29.6 Å². The average Bonchev–Trinajstić information content (AvgIpc) is 3.26. The molecule has 0 spiro atoms. The van der Waals surface area contributed by atoms with Crippen LogP contribution >= 0.6 is 22.9 Å². The van der Waals surface area contributed by atoms with E-state index in [2.05, 4.69) is 9.88 Å². The molecule has 5 nitrogen and oxygen atoms in total. The average molecular weight is 374 g/mol. The Hall–Kier alpha value is -2.31. The maximum absolute atomic E-state index is 12.8. The smallest absolute Gasteiger partial charge is 0.236 e. The zero-order valence-corrected chi connectivity index (χ0v) is 15.2. The topological polar surface area (TPSA) is 49.6 Å². The number of oxazole rings is 1. The van der Waals surface area contributed by atoms with E-state index in [0.29, 0.717) is 23.2 Å². The van der Waals surface area contributed by atoms with Crippen molar-refractivity contribution in [2.24, 2.45) is 0 Å². The molecule has 1 aromatic carbocycles. The maximum atomic E-state index is 12.8. The van der Waals surface area contributed by atoms with Gasteiger partial charge in [-0.15, -0.1) is 11.3 Å². The molecule has 0 saturated heterocycles. The van der Waals surface area contributed by atoms with Gasteiger partial charge in [0.15, 0.2) is 0 Å². The number of carbonyl (C=O) groups excluding carboxylic acids is 1. The lowest BCUT2D eigenvalue weighted by Crippen LogP contribution is -2.43. The van der Waals surface area contributed by atoms with Crippen LogP contribution in [0.4, 0.5) is 11.4 Å². The molecule has 4 rings (SSSR count). The monoisotopic (exact) mass is 373 g/mol. The van der Waals surface area contributed by atoms with Crippen molar-refractivity contribution in [1.82, 2.24) is 4.98 Å². The summed E-state index contributed by atoms with van der Waals surface area (Å²) in [6, 6.07) is 9.52. The number of anilines is 2. The highest BCUT2D eigenvalue weighted by Gasteiger charge is 2.26. The summed E-state index contributed by atoms with van der Waals surface area (Å²) in [6.45, 7) is 1.40. The van der Waals surface area contributed by atoms with Crippen LogP contribution < -0.4 is 9.80 Å². The first kappa shape index (κ1) is 16.2. The Morgan fingerprint density at radius 1 is 1.32 bits per heavy atom. The minimum Gasteiger partial charge on any atom is -0.444 e. The van der Waals surface area contributed by atoms with E-state index in [9.17, 15) is 4.79 Å². The summed E-state index contributed by atoms with van der Waals surface area (Å²) < 4.78 is 5.50. The Morgan fingerprint density at radius 2 is 2.20 bits per heavy atom. The number of likely N-dealkylation sites (N-methyl/N-ethyl adjacent to an activating group) is 1. The summed E-state index contributed by atoms with van der Waals surface area (Å²) in [5.41, 5.74) is 2.48. The van der Waals surface area contributed by atoms with Crippen LogP contribution in [0.15, 0.2) is 46.4 Å². The van der Waals surface area contributed by atoms with Crippen molar-refractivity contribution in [3.8, 4) is 10.8 Å². The predicted octanol–water partition coefficient (Wildman–Crippen LogP) is 4.08. The van der Waals surface area contributed by atoms with Crippen LogP contribution in [0.25, 0.3) is 10.8 Å². The van der Waals surface area contributed by atoms with E-state index in [1.165, 1.54) is 0 Å². The molecule has 0 N–H and O–H groups in total. The minimum atomic E-state index is -0.0114. The molecule has 0 bridgehead atoms. The van der Waals surface area contributed by atoms with E-state index in [1.54, 1.807) is 22.5 Å². The van der Waals surface area contributed by atoms with Gasteiger partial charge in [-0.2, -0.15) is 0 Å². The number of aromatic nitrogens is 1. The summed E-state index contributed by atoms with van der Waals surface area (Å²) >= 11 is 7.69. The molecular formula is C18H16ClN3O2S. The second-order valence-corrected chi connectivity index (χ2v) is 7.28.